The molecule has 1 N–H and O–H groups in total. The molecule has 2 aromatic carbocycles. The molecule has 1 fully saturated rings. The molecule has 0 unspecified atom stereocenters. The molecule has 0 spiro atoms. The molecule has 1 aliphatic heterocycles. The third kappa shape index (κ3) is 5.65. The third-order valence-corrected chi connectivity index (χ3v) is 6.34. The SMILES string of the molecule is CCOc1ccc([C@H]2/C(=C(\O)c3ccc(OC)cc3)C(=O)C(=O)N2CCN(CC)CC)cc1OCC. The number of benzene rings is 2. The second kappa shape index (κ2) is 12.4. The number of aliphatic hydroxyl groups is 1. The average molecular weight is 497 g/mol. The van der Waals surface area contributed by atoms with Gasteiger partial charge >= 0.3 is 0 Å². The Morgan fingerprint density at radius 1 is 0.944 bits per heavy atom. The van der Waals surface area contributed by atoms with Crippen LogP contribution in [-0.2, 0) is 9.59 Å². The van der Waals surface area contributed by atoms with Crippen molar-refractivity contribution < 1.29 is 28.9 Å². The van der Waals surface area contributed by atoms with Crippen molar-refractivity contribution in [3.8, 4) is 17.2 Å². The number of carbonyl (C=O) groups excluding carboxylic acids is 2. The Morgan fingerprint density at radius 3 is 2.17 bits per heavy atom. The molecule has 0 radical (unpaired) electrons. The molecule has 0 aliphatic carbocycles. The van der Waals surface area contributed by atoms with E-state index in [2.05, 4.69) is 18.7 Å². The molecule has 36 heavy (non-hydrogen) atoms. The zero-order valence-corrected chi connectivity index (χ0v) is 21.7. The van der Waals surface area contributed by atoms with Gasteiger partial charge in [-0.25, -0.2) is 0 Å². The topological polar surface area (TPSA) is 88.5 Å². The number of likely N-dealkylation sites (N-methyl/N-ethyl adjacent to an activating group) is 1. The third-order valence-electron chi connectivity index (χ3n) is 6.34. The largest absolute Gasteiger partial charge is 0.507 e. The molecular weight excluding hydrogens is 460 g/mol. The van der Waals surface area contributed by atoms with Crippen LogP contribution >= 0.6 is 0 Å². The fourth-order valence-electron chi connectivity index (χ4n) is 4.39. The lowest BCUT2D eigenvalue weighted by molar-refractivity contribution is -0.140. The van der Waals surface area contributed by atoms with E-state index in [0.29, 0.717) is 54.7 Å². The van der Waals surface area contributed by atoms with Crippen LogP contribution in [0.1, 0.15) is 44.9 Å². The highest BCUT2D eigenvalue weighted by molar-refractivity contribution is 6.46. The Balaban J connectivity index is 2.14. The fraction of sp³-hybridized carbons (Fsp3) is 0.429. The number of rotatable bonds is 12. The number of ketones is 1. The van der Waals surface area contributed by atoms with Crippen molar-refractivity contribution in [2.45, 2.75) is 33.7 Å². The lowest BCUT2D eigenvalue weighted by Gasteiger charge is -2.28. The number of aliphatic hydroxyl groups excluding tert-OH is 1. The number of likely N-dealkylation sites (tertiary alicyclic amines) is 1. The Kier molecular flexibility index (Phi) is 9.36. The van der Waals surface area contributed by atoms with Crippen LogP contribution in [0.15, 0.2) is 48.0 Å². The van der Waals surface area contributed by atoms with E-state index < -0.39 is 17.7 Å². The summed E-state index contributed by atoms with van der Waals surface area (Å²) in [4.78, 5) is 30.3. The minimum Gasteiger partial charge on any atom is -0.507 e. The average Bonchev–Trinajstić information content (AvgIpc) is 3.15. The van der Waals surface area contributed by atoms with Crippen LogP contribution in [0.3, 0.4) is 0 Å². The van der Waals surface area contributed by atoms with Crippen molar-refractivity contribution in [1.29, 1.82) is 0 Å². The maximum Gasteiger partial charge on any atom is 0.295 e. The Morgan fingerprint density at radius 2 is 1.58 bits per heavy atom. The van der Waals surface area contributed by atoms with Crippen LogP contribution < -0.4 is 14.2 Å². The molecule has 2 aromatic rings. The smallest absolute Gasteiger partial charge is 0.295 e. The number of ether oxygens (including phenoxy) is 3. The number of hydrogen-bond acceptors (Lipinski definition) is 7. The van der Waals surface area contributed by atoms with E-state index in [1.54, 1.807) is 48.4 Å². The summed E-state index contributed by atoms with van der Waals surface area (Å²) in [6.45, 7) is 11.4. The highest BCUT2D eigenvalue weighted by Gasteiger charge is 2.46. The van der Waals surface area contributed by atoms with E-state index in [-0.39, 0.29) is 11.3 Å². The second-order valence-corrected chi connectivity index (χ2v) is 8.32. The Hall–Kier alpha value is -3.52. The summed E-state index contributed by atoms with van der Waals surface area (Å²) in [6.07, 6.45) is 0. The predicted molar refractivity (Wildman–Crippen MR) is 139 cm³/mol. The van der Waals surface area contributed by atoms with Gasteiger partial charge in [-0.15, -0.1) is 0 Å². The van der Waals surface area contributed by atoms with Gasteiger partial charge in [0.05, 0.1) is 31.9 Å². The number of nitrogens with zero attached hydrogens (tertiary/aromatic N) is 2. The first-order chi connectivity index (χ1) is 17.4. The molecule has 8 heteroatoms. The van der Waals surface area contributed by atoms with Crippen LogP contribution in [0, 0.1) is 0 Å². The summed E-state index contributed by atoms with van der Waals surface area (Å²) in [5.74, 6) is 0.163. The van der Waals surface area contributed by atoms with Gasteiger partial charge in [-0.2, -0.15) is 0 Å². The number of hydrogen-bond donors (Lipinski definition) is 1. The minimum absolute atomic E-state index is 0.0522. The molecule has 1 heterocycles. The number of carbonyl (C=O) groups is 2. The number of Topliss-reactive ketones (excluding diaryl/α,β-unsaturated/α-hetero) is 1. The van der Waals surface area contributed by atoms with Crippen molar-refractivity contribution in [1.82, 2.24) is 9.80 Å². The standard InChI is InChI=1S/C28H36N2O6/c1-6-29(7-2)16-17-30-25(20-12-15-22(35-8-3)23(18-20)36-9-4)24(27(32)28(30)33)26(31)19-10-13-21(34-5)14-11-19/h10-15,18,25,31H,6-9,16-17H2,1-5H3/b26-24+/t25-/m0/s1. The summed E-state index contributed by atoms with van der Waals surface area (Å²) in [5, 5.41) is 11.3. The van der Waals surface area contributed by atoms with Gasteiger partial charge in [0.2, 0.25) is 0 Å². The van der Waals surface area contributed by atoms with Gasteiger partial charge in [0.15, 0.2) is 11.5 Å². The summed E-state index contributed by atoms with van der Waals surface area (Å²) < 4.78 is 16.7. The van der Waals surface area contributed by atoms with Crippen molar-refractivity contribution in [2.75, 3.05) is 46.5 Å². The molecule has 0 aromatic heterocycles. The van der Waals surface area contributed by atoms with Crippen LogP contribution in [0.25, 0.3) is 5.76 Å². The maximum absolute atomic E-state index is 13.3. The molecule has 0 bridgehead atoms. The Bertz CT molecular complexity index is 1090. The molecule has 3 rings (SSSR count). The monoisotopic (exact) mass is 496 g/mol. The molecular formula is C28H36N2O6. The van der Waals surface area contributed by atoms with Crippen LogP contribution in [0.4, 0.5) is 0 Å². The van der Waals surface area contributed by atoms with Gasteiger partial charge in [0.25, 0.3) is 11.7 Å². The quantitative estimate of drug-likeness (QED) is 0.267. The zero-order valence-electron chi connectivity index (χ0n) is 21.7. The van der Waals surface area contributed by atoms with E-state index in [0.717, 1.165) is 13.1 Å². The van der Waals surface area contributed by atoms with E-state index in [4.69, 9.17) is 14.2 Å². The van der Waals surface area contributed by atoms with Crippen molar-refractivity contribution in [3.05, 3.63) is 59.2 Å². The van der Waals surface area contributed by atoms with E-state index in [1.807, 2.05) is 19.9 Å². The first-order valence-corrected chi connectivity index (χ1v) is 12.4. The predicted octanol–water partition coefficient (Wildman–Crippen LogP) is 4.26. The van der Waals surface area contributed by atoms with Crippen molar-refractivity contribution in [2.24, 2.45) is 0 Å². The van der Waals surface area contributed by atoms with Gasteiger partial charge < -0.3 is 29.1 Å². The first-order valence-electron chi connectivity index (χ1n) is 12.4. The summed E-state index contributed by atoms with van der Waals surface area (Å²) in [6, 6.07) is 11.3. The van der Waals surface area contributed by atoms with Crippen LogP contribution in [0.5, 0.6) is 17.2 Å². The molecule has 1 amide bonds. The fourth-order valence-corrected chi connectivity index (χ4v) is 4.39. The molecule has 8 nitrogen and oxygen atoms in total. The van der Waals surface area contributed by atoms with Gasteiger partial charge in [0, 0.05) is 18.7 Å². The Labute approximate surface area is 213 Å². The lowest BCUT2D eigenvalue weighted by atomic mass is 9.95. The van der Waals surface area contributed by atoms with E-state index in [1.165, 1.54) is 0 Å². The van der Waals surface area contributed by atoms with Crippen molar-refractivity contribution >= 4 is 17.4 Å². The first kappa shape index (κ1) is 27.1. The van der Waals surface area contributed by atoms with Crippen LogP contribution in [-0.4, -0.2) is 73.1 Å². The van der Waals surface area contributed by atoms with Crippen LogP contribution in [0.2, 0.25) is 0 Å². The minimum atomic E-state index is -0.766. The van der Waals surface area contributed by atoms with Gasteiger partial charge in [-0.3, -0.25) is 9.59 Å². The summed E-state index contributed by atoms with van der Waals surface area (Å²) >= 11 is 0. The molecule has 0 saturated carbocycles. The van der Waals surface area contributed by atoms with Crippen molar-refractivity contribution in [3.63, 3.8) is 0 Å². The van der Waals surface area contributed by atoms with Gasteiger partial charge in [0.1, 0.15) is 11.5 Å². The number of amides is 1. The second-order valence-electron chi connectivity index (χ2n) is 8.32. The maximum atomic E-state index is 13.3. The van der Waals surface area contributed by atoms with E-state index in [9.17, 15) is 14.7 Å². The molecule has 1 atom stereocenters. The summed E-state index contributed by atoms with van der Waals surface area (Å²) in [5.41, 5.74) is 1.14. The van der Waals surface area contributed by atoms with E-state index >= 15 is 0 Å². The highest BCUT2D eigenvalue weighted by atomic mass is 16.5. The molecule has 194 valence electrons. The molecule has 1 aliphatic rings. The highest BCUT2D eigenvalue weighted by Crippen LogP contribution is 2.42. The van der Waals surface area contributed by atoms with Gasteiger partial charge in [-0.05, 0) is 68.9 Å². The van der Waals surface area contributed by atoms with Gasteiger partial charge in [-0.1, -0.05) is 19.9 Å². The lowest BCUT2D eigenvalue weighted by Crippen LogP contribution is -2.38. The zero-order chi connectivity index (χ0) is 26.2. The molecule has 1 saturated heterocycles. The number of methoxy groups -OCH3 is 1. The normalized spacial score (nSPS) is 17.1. The summed E-state index contributed by atoms with van der Waals surface area (Å²) in [7, 11) is 1.55.